The fourth-order valence-corrected chi connectivity index (χ4v) is 1.81. The maximum Gasteiger partial charge on any atom is 0.242 e. The third kappa shape index (κ3) is 1.71. The van der Waals surface area contributed by atoms with Crippen LogP contribution in [-0.4, -0.2) is 26.6 Å². The second-order valence-electron chi connectivity index (χ2n) is 3.24. The standard InChI is InChI=1S/C10H12N4OS/c1-3-4-5-14-8-7(13-10(14)16)9(15-2)12-6-11-8/h3,6H,1,4-5H2,2H3,(H,13,16). The molecule has 2 aromatic heterocycles. The highest BCUT2D eigenvalue weighted by atomic mass is 32.1. The maximum atomic E-state index is 5.22. The monoisotopic (exact) mass is 236 g/mol. The topological polar surface area (TPSA) is 55.7 Å². The number of imidazole rings is 1. The van der Waals surface area contributed by atoms with Crippen molar-refractivity contribution in [3.8, 4) is 5.88 Å². The smallest absolute Gasteiger partial charge is 0.242 e. The van der Waals surface area contributed by atoms with Crippen LogP contribution in [-0.2, 0) is 6.54 Å². The SMILES string of the molecule is C=CCCn1c(=S)[nH]c2c(OC)ncnc21. The van der Waals surface area contributed by atoms with E-state index in [1.165, 1.54) is 6.33 Å². The summed E-state index contributed by atoms with van der Waals surface area (Å²) in [5, 5.41) is 0. The van der Waals surface area contributed by atoms with Gasteiger partial charge in [0, 0.05) is 6.54 Å². The molecule has 0 fully saturated rings. The number of hydrogen-bond donors (Lipinski definition) is 1. The molecule has 0 unspecified atom stereocenters. The third-order valence-corrected chi connectivity index (χ3v) is 2.60. The highest BCUT2D eigenvalue weighted by Crippen LogP contribution is 2.19. The van der Waals surface area contributed by atoms with Crippen molar-refractivity contribution in [1.29, 1.82) is 0 Å². The molecule has 0 saturated carbocycles. The number of rotatable bonds is 4. The van der Waals surface area contributed by atoms with Crippen LogP contribution in [0.3, 0.4) is 0 Å². The molecule has 0 amide bonds. The van der Waals surface area contributed by atoms with Gasteiger partial charge in [-0.1, -0.05) is 6.08 Å². The summed E-state index contributed by atoms with van der Waals surface area (Å²) in [6.07, 6.45) is 4.15. The van der Waals surface area contributed by atoms with Crippen LogP contribution in [0.15, 0.2) is 19.0 Å². The molecule has 0 aliphatic heterocycles. The lowest BCUT2D eigenvalue weighted by Gasteiger charge is -2.01. The quantitative estimate of drug-likeness (QED) is 0.652. The summed E-state index contributed by atoms with van der Waals surface area (Å²) in [5.41, 5.74) is 1.50. The van der Waals surface area contributed by atoms with Gasteiger partial charge in [0.15, 0.2) is 10.4 Å². The van der Waals surface area contributed by atoms with Crippen LogP contribution in [0.4, 0.5) is 0 Å². The first-order chi connectivity index (χ1) is 7.77. The van der Waals surface area contributed by atoms with Crippen molar-refractivity contribution < 1.29 is 4.74 Å². The molecule has 0 saturated heterocycles. The zero-order valence-electron chi connectivity index (χ0n) is 8.93. The minimum absolute atomic E-state index is 0.508. The minimum atomic E-state index is 0.508. The minimum Gasteiger partial charge on any atom is -0.479 e. The number of fused-ring (bicyclic) bond motifs is 1. The third-order valence-electron chi connectivity index (χ3n) is 2.28. The van der Waals surface area contributed by atoms with E-state index in [4.69, 9.17) is 17.0 Å². The van der Waals surface area contributed by atoms with Gasteiger partial charge in [0.1, 0.15) is 11.8 Å². The second-order valence-corrected chi connectivity index (χ2v) is 3.63. The number of nitrogens with zero attached hydrogens (tertiary/aromatic N) is 3. The van der Waals surface area contributed by atoms with E-state index in [9.17, 15) is 0 Å². The molecule has 5 nitrogen and oxygen atoms in total. The van der Waals surface area contributed by atoms with Crippen LogP contribution < -0.4 is 4.74 Å². The molecule has 2 heterocycles. The first-order valence-corrected chi connectivity index (χ1v) is 5.27. The molecule has 0 atom stereocenters. The summed E-state index contributed by atoms with van der Waals surface area (Å²) < 4.78 is 7.67. The van der Waals surface area contributed by atoms with Gasteiger partial charge in [-0.3, -0.25) is 0 Å². The van der Waals surface area contributed by atoms with Crippen LogP contribution in [0.1, 0.15) is 6.42 Å². The molecule has 0 spiro atoms. The average molecular weight is 236 g/mol. The lowest BCUT2D eigenvalue weighted by Crippen LogP contribution is -1.98. The number of hydrogen-bond acceptors (Lipinski definition) is 4. The van der Waals surface area contributed by atoms with Gasteiger partial charge in [0.05, 0.1) is 7.11 Å². The van der Waals surface area contributed by atoms with Gasteiger partial charge in [-0.2, -0.15) is 4.98 Å². The molecule has 0 bridgehead atoms. The predicted octanol–water partition coefficient (Wildman–Crippen LogP) is 2.07. The van der Waals surface area contributed by atoms with E-state index >= 15 is 0 Å². The average Bonchev–Trinajstić information content (AvgIpc) is 2.62. The Bertz CT molecular complexity index is 572. The Morgan fingerprint density at radius 1 is 1.62 bits per heavy atom. The Kier molecular flexibility index (Phi) is 3.00. The van der Waals surface area contributed by atoms with Crippen LogP contribution in [0.2, 0.25) is 0 Å². The van der Waals surface area contributed by atoms with E-state index < -0.39 is 0 Å². The lowest BCUT2D eigenvalue weighted by atomic mass is 10.4. The molecule has 1 N–H and O–H groups in total. The molecule has 0 aromatic carbocycles. The summed E-state index contributed by atoms with van der Waals surface area (Å²) in [4.78, 5) is 11.3. The van der Waals surface area contributed by atoms with Crippen molar-refractivity contribution in [3.05, 3.63) is 23.8 Å². The number of aromatic nitrogens is 4. The Hall–Kier alpha value is -1.69. The van der Waals surface area contributed by atoms with Gasteiger partial charge in [-0.25, -0.2) is 4.98 Å². The van der Waals surface area contributed by atoms with Crippen LogP contribution in [0.5, 0.6) is 5.88 Å². The Balaban J connectivity index is 2.61. The first-order valence-electron chi connectivity index (χ1n) is 4.86. The van der Waals surface area contributed by atoms with Gasteiger partial charge in [0.2, 0.25) is 5.88 Å². The molecule has 0 radical (unpaired) electrons. The Morgan fingerprint density at radius 2 is 2.44 bits per heavy atom. The summed E-state index contributed by atoms with van der Waals surface area (Å²) in [7, 11) is 1.57. The van der Waals surface area contributed by atoms with Gasteiger partial charge in [-0.05, 0) is 18.6 Å². The molecule has 2 rings (SSSR count). The highest BCUT2D eigenvalue weighted by molar-refractivity contribution is 7.71. The number of ether oxygens (including phenoxy) is 1. The van der Waals surface area contributed by atoms with E-state index in [2.05, 4.69) is 21.5 Å². The van der Waals surface area contributed by atoms with Crippen LogP contribution in [0, 0.1) is 4.77 Å². The van der Waals surface area contributed by atoms with Crippen molar-refractivity contribution in [3.63, 3.8) is 0 Å². The van der Waals surface area contributed by atoms with Crippen molar-refractivity contribution in [2.45, 2.75) is 13.0 Å². The normalized spacial score (nSPS) is 10.6. The van der Waals surface area contributed by atoms with Crippen LogP contribution in [0.25, 0.3) is 11.2 Å². The number of H-pyrrole nitrogens is 1. The number of allylic oxidation sites excluding steroid dienone is 1. The Labute approximate surface area is 97.8 Å². The zero-order valence-corrected chi connectivity index (χ0v) is 9.75. The molecule has 2 aromatic rings. The second kappa shape index (κ2) is 4.44. The van der Waals surface area contributed by atoms with E-state index in [0.717, 1.165) is 24.1 Å². The van der Waals surface area contributed by atoms with Crippen LogP contribution >= 0.6 is 12.2 Å². The van der Waals surface area contributed by atoms with Crippen molar-refractivity contribution in [2.24, 2.45) is 0 Å². The van der Waals surface area contributed by atoms with E-state index in [1.54, 1.807) is 7.11 Å². The summed E-state index contributed by atoms with van der Waals surface area (Å²) in [6.45, 7) is 4.44. The molecule has 16 heavy (non-hydrogen) atoms. The fourth-order valence-electron chi connectivity index (χ4n) is 1.53. The largest absolute Gasteiger partial charge is 0.479 e. The molecule has 0 aliphatic carbocycles. The van der Waals surface area contributed by atoms with E-state index in [-0.39, 0.29) is 0 Å². The number of aromatic amines is 1. The van der Waals surface area contributed by atoms with Crippen molar-refractivity contribution in [2.75, 3.05) is 7.11 Å². The van der Waals surface area contributed by atoms with Gasteiger partial charge >= 0.3 is 0 Å². The van der Waals surface area contributed by atoms with E-state index in [1.807, 2.05) is 10.6 Å². The van der Waals surface area contributed by atoms with Gasteiger partial charge in [0.25, 0.3) is 0 Å². The first kappa shape index (κ1) is 10.8. The molecule has 6 heteroatoms. The van der Waals surface area contributed by atoms with Crippen molar-refractivity contribution >= 4 is 23.4 Å². The molecule has 0 aliphatic rings. The molecular formula is C10H12N4OS. The van der Waals surface area contributed by atoms with Gasteiger partial charge in [-0.15, -0.1) is 6.58 Å². The zero-order chi connectivity index (χ0) is 11.5. The van der Waals surface area contributed by atoms with E-state index in [0.29, 0.717) is 10.7 Å². The predicted molar refractivity (Wildman–Crippen MR) is 64.1 cm³/mol. The fraction of sp³-hybridized carbons (Fsp3) is 0.300. The maximum absolute atomic E-state index is 5.22. The summed E-state index contributed by atoms with van der Waals surface area (Å²) in [5.74, 6) is 0.508. The number of methoxy groups -OCH3 is 1. The summed E-state index contributed by atoms with van der Waals surface area (Å²) in [6, 6.07) is 0. The van der Waals surface area contributed by atoms with Gasteiger partial charge < -0.3 is 14.3 Å². The molecular weight excluding hydrogens is 224 g/mol. The summed E-state index contributed by atoms with van der Waals surface area (Å²) >= 11 is 5.22. The molecule has 84 valence electrons. The number of nitrogens with one attached hydrogen (secondary N) is 1. The lowest BCUT2D eigenvalue weighted by molar-refractivity contribution is 0.401. The highest BCUT2D eigenvalue weighted by Gasteiger charge is 2.10. The number of aryl methyl sites for hydroxylation is 1. The van der Waals surface area contributed by atoms with Crippen molar-refractivity contribution in [1.82, 2.24) is 19.5 Å². The Morgan fingerprint density at radius 3 is 3.12 bits per heavy atom.